The number of amides is 3. The molecule has 0 aliphatic carbocycles. The molecule has 23 atom stereocenters. The number of hydrogen-bond acceptors (Lipinski definition) is 25. The van der Waals surface area contributed by atoms with Crippen LogP contribution in [0.25, 0.3) is 0 Å². The Morgan fingerprint density at radius 2 is 1.00 bits per heavy atom. The molecule has 0 bridgehead atoms. The van der Waals surface area contributed by atoms with Crippen molar-refractivity contribution in [1.82, 2.24) is 16.0 Å². The predicted octanol–water partition coefficient (Wildman–Crippen LogP) is 1.13. The maximum absolute atomic E-state index is 13.4. The fraction of sp³-hybridized carbons (Fsp3) is 0.910. The molecule has 29 heteroatoms. The first-order valence-electron chi connectivity index (χ1n) is 35.6. The summed E-state index contributed by atoms with van der Waals surface area (Å²) in [5, 5.41) is 161. The first-order valence-corrected chi connectivity index (χ1v) is 35.6. The lowest BCUT2D eigenvalue weighted by Gasteiger charge is -2.49. The number of ether oxygens (including phenoxy) is 8. The lowest BCUT2D eigenvalue weighted by molar-refractivity contribution is -0.376. The standard InChI is InChI=1S/C67H121N3O26/c1-5-7-9-11-13-15-17-19-20-22-24-26-28-30-32-34-50(79)70-43(44(76)33-31-29-27-25-23-21-18-16-14-12-10-8-6-2)39-89-64-58(85)56(83)61(47(37-72)91-64)95-65-59(86)57(84)60(48(38-73)92-65)94-63-52(69-42(4)75)55(82)54(81)49(93-63)40-90-67(66(87)88)35-45(77)51(68-41(3)74)62(96-67)53(80)46(78)36-71/h31,33,43-49,51-65,71-73,76-78,80-86H,5-30,32,34-40H2,1-4H3,(H,68,74)(H,69,75)(H,70,79)(H,87,88)/b33-31+/t43-,44+,45?,46+,47?,48?,49?,51+,52?,53+,54-,55+,56+,57+,58?,59?,60-,61+,62?,63-,64+,65-,67+/m0/s1. The molecule has 0 spiro atoms. The van der Waals surface area contributed by atoms with E-state index in [9.17, 15) is 90.7 Å². The smallest absolute Gasteiger partial charge is 0.364 e. The molecule has 96 heavy (non-hydrogen) atoms. The second-order valence-electron chi connectivity index (χ2n) is 26.5. The number of unbranched alkanes of at least 4 members (excludes halogenated alkanes) is 25. The Hall–Kier alpha value is -3.22. The maximum atomic E-state index is 13.4. The van der Waals surface area contributed by atoms with Gasteiger partial charge in [0.05, 0.1) is 57.3 Å². The third-order valence-corrected chi connectivity index (χ3v) is 18.5. The van der Waals surface area contributed by atoms with Gasteiger partial charge < -0.3 is 125 Å². The number of carboxylic acids is 1. The molecule has 0 radical (unpaired) electrons. The van der Waals surface area contributed by atoms with E-state index in [1.165, 1.54) is 116 Å². The van der Waals surface area contributed by atoms with Crippen molar-refractivity contribution in [2.24, 2.45) is 0 Å². The largest absolute Gasteiger partial charge is 0.477 e. The van der Waals surface area contributed by atoms with Crippen LogP contribution in [0.1, 0.15) is 214 Å². The van der Waals surface area contributed by atoms with Crippen LogP contribution in [0.5, 0.6) is 0 Å². The van der Waals surface area contributed by atoms with Crippen molar-refractivity contribution in [1.29, 1.82) is 0 Å². The molecule has 0 aromatic carbocycles. The topological polar surface area (TPSA) is 461 Å². The van der Waals surface area contributed by atoms with Crippen molar-refractivity contribution in [2.75, 3.05) is 33.0 Å². The Bertz CT molecular complexity index is 2170. The van der Waals surface area contributed by atoms with Crippen LogP contribution in [0.4, 0.5) is 0 Å². The van der Waals surface area contributed by atoms with E-state index in [0.717, 1.165) is 58.8 Å². The molecule has 4 saturated heterocycles. The molecule has 4 aliphatic heterocycles. The van der Waals surface area contributed by atoms with Gasteiger partial charge in [-0.05, 0) is 19.3 Å². The van der Waals surface area contributed by atoms with E-state index in [1.807, 2.05) is 6.08 Å². The van der Waals surface area contributed by atoms with Crippen LogP contribution in [0, 0.1) is 0 Å². The summed E-state index contributed by atoms with van der Waals surface area (Å²) in [4.78, 5) is 50.8. The molecule has 3 amide bonds. The lowest BCUT2D eigenvalue weighted by atomic mass is 9.88. The third kappa shape index (κ3) is 28.0. The number of carbonyl (C=O) groups is 4. The quantitative estimate of drug-likeness (QED) is 0.0300. The second kappa shape index (κ2) is 46.3. The summed E-state index contributed by atoms with van der Waals surface area (Å²) in [6.45, 7) is 2.04. The Labute approximate surface area is 565 Å². The first kappa shape index (κ1) is 85.2. The minimum Gasteiger partial charge on any atom is -0.477 e. The summed E-state index contributed by atoms with van der Waals surface area (Å²) in [7, 11) is 0. The van der Waals surface area contributed by atoms with E-state index in [0.29, 0.717) is 12.8 Å². The van der Waals surface area contributed by atoms with Gasteiger partial charge in [0.15, 0.2) is 18.9 Å². The zero-order chi connectivity index (χ0) is 70.7. The number of hydrogen-bond donors (Lipinski definition) is 17. The Morgan fingerprint density at radius 3 is 1.48 bits per heavy atom. The number of allylic oxidation sites excluding steroid dienone is 1. The highest BCUT2D eigenvalue weighted by Gasteiger charge is 2.58. The molecule has 8 unspecified atom stereocenters. The molecule has 0 aromatic heterocycles. The van der Waals surface area contributed by atoms with Gasteiger partial charge >= 0.3 is 5.97 Å². The fourth-order valence-electron chi connectivity index (χ4n) is 12.7. The van der Waals surface area contributed by atoms with Crippen LogP contribution in [0.2, 0.25) is 0 Å². The van der Waals surface area contributed by atoms with Crippen molar-refractivity contribution < 1.29 is 129 Å². The number of rotatable bonds is 49. The van der Waals surface area contributed by atoms with Crippen molar-refractivity contribution in [2.45, 2.75) is 354 Å². The van der Waals surface area contributed by atoms with Crippen molar-refractivity contribution in [3.63, 3.8) is 0 Å². The van der Waals surface area contributed by atoms with E-state index < -0.39 is 198 Å². The zero-order valence-corrected chi connectivity index (χ0v) is 57.1. The SMILES string of the molecule is CCCCCCCCCCCCC/C=C/[C@@H](O)[C@H](CO[C@@H]1OC(CO)[C@@H](O[C@@H]2OC(CO)[C@H](O[C@@H]3OC(CO[C@]4(C(=O)O)CC(O)[C@@H](NC(C)=O)C([C@H](O)[C@H](O)CO)O4)[C@H](O)[C@H](O)C3NC(C)=O)[C@H](O)C2O)[C@H](O)C1O)NC(=O)CCCCCCCCCCCCCCCCC. The Morgan fingerprint density at radius 1 is 0.552 bits per heavy atom. The van der Waals surface area contributed by atoms with Crippen LogP contribution < -0.4 is 16.0 Å². The molecule has 0 saturated carbocycles. The predicted molar refractivity (Wildman–Crippen MR) is 346 cm³/mol. The highest BCUT2D eigenvalue weighted by molar-refractivity contribution is 5.77. The van der Waals surface area contributed by atoms with Crippen LogP contribution in [0.15, 0.2) is 12.2 Å². The number of aliphatic hydroxyl groups excluding tert-OH is 13. The van der Waals surface area contributed by atoms with Crippen molar-refractivity contribution >= 4 is 23.7 Å². The molecular weight excluding hydrogens is 1260 g/mol. The van der Waals surface area contributed by atoms with E-state index in [4.69, 9.17) is 37.9 Å². The highest BCUT2D eigenvalue weighted by Crippen LogP contribution is 2.37. The number of carboxylic acid groups (broad SMARTS) is 1. The van der Waals surface area contributed by atoms with Gasteiger partial charge in [0, 0.05) is 26.7 Å². The minimum atomic E-state index is -2.95. The van der Waals surface area contributed by atoms with E-state index in [2.05, 4.69) is 29.8 Å². The van der Waals surface area contributed by atoms with Crippen LogP contribution in [-0.4, -0.2) is 269 Å². The summed E-state index contributed by atoms with van der Waals surface area (Å²) < 4.78 is 46.8. The van der Waals surface area contributed by atoms with Gasteiger partial charge in [-0.25, -0.2) is 4.79 Å². The molecule has 17 N–H and O–H groups in total. The summed E-state index contributed by atoms with van der Waals surface area (Å²) >= 11 is 0. The minimum absolute atomic E-state index is 0.195. The molecule has 4 aliphatic rings. The Kier molecular flexibility index (Phi) is 41.1. The zero-order valence-electron chi connectivity index (χ0n) is 57.1. The van der Waals surface area contributed by atoms with Gasteiger partial charge in [0.1, 0.15) is 91.5 Å². The molecule has 4 rings (SSSR count). The van der Waals surface area contributed by atoms with Gasteiger partial charge in [-0.2, -0.15) is 0 Å². The summed E-state index contributed by atoms with van der Waals surface area (Å²) in [6.07, 6.45) is -2.00. The Balaban J connectivity index is 1.40. The first-order chi connectivity index (χ1) is 46.0. The summed E-state index contributed by atoms with van der Waals surface area (Å²) in [5.41, 5.74) is 0. The molecule has 29 nitrogen and oxygen atoms in total. The summed E-state index contributed by atoms with van der Waals surface area (Å²) in [6, 6.07) is -4.32. The highest BCUT2D eigenvalue weighted by atomic mass is 16.8. The van der Waals surface area contributed by atoms with Crippen LogP contribution >= 0.6 is 0 Å². The molecule has 0 aromatic rings. The number of carbonyl (C=O) groups excluding carboxylic acids is 3. The average Bonchev–Trinajstić information content (AvgIpc) is 0.775. The molecule has 560 valence electrons. The molecule has 4 heterocycles. The lowest BCUT2D eigenvalue weighted by Crippen LogP contribution is -2.69. The maximum Gasteiger partial charge on any atom is 0.364 e. The monoisotopic (exact) mass is 1380 g/mol. The molecular formula is C67H121N3O26. The number of nitrogens with one attached hydrogen (secondary N) is 3. The normalized spacial score (nSPS) is 32.3. The summed E-state index contributed by atoms with van der Waals surface area (Å²) in [5.74, 6) is -6.77. The van der Waals surface area contributed by atoms with Gasteiger partial charge in [0.2, 0.25) is 17.7 Å². The molecule has 4 fully saturated rings. The van der Waals surface area contributed by atoms with Crippen molar-refractivity contribution in [3.8, 4) is 0 Å². The van der Waals surface area contributed by atoms with Crippen molar-refractivity contribution in [3.05, 3.63) is 12.2 Å². The van der Waals surface area contributed by atoms with Gasteiger partial charge in [-0.15, -0.1) is 0 Å². The second-order valence-corrected chi connectivity index (χ2v) is 26.5. The van der Waals surface area contributed by atoms with Gasteiger partial charge in [0.25, 0.3) is 5.79 Å². The fourth-order valence-corrected chi connectivity index (χ4v) is 12.7. The average molecular weight is 1380 g/mol. The van der Waals surface area contributed by atoms with E-state index >= 15 is 0 Å². The van der Waals surface area contributed by atoms with Crippen LogP contribution in [0.3, 0.4) is 0 Å². The third-order valence-electron chi connectivity index (χ3n) is 18.5. The van der Waals surface area contributed by atoms with E-state index in [1.54, 1.807) is 6.08 Å². The van der Waals surface area contributed by atoms with Gasteiger partial charge in [-0.1, -0.05) is 180 Å². The number of aliphatic carboxylic acids is 1. The van der Waals surface area contributed by atoms with E-state index in [-0.39, 0.29) is 12.3 Å². The van der Waals surface area contributed by atoms with Crippen LogP contribution in [-0.2, 0) is 57.1 Å². The van der Waals surface area contributed by atoms with Gasteiger partial charge in [-0.3, -0.25) is 14.4 Å². The number of aliphatic hydroxyl groups is 13.